The maximum absolute atomic E-state index is 9.95. The van der Waals surface area contributed by atoms with Crippen molar-refractivity contribution in [3.05, 3.63) is 58.6 Å². The minimum Gasteiger partial charge on any atom is -0.398 e. The highest BCUT2D eigenvalue weighted by Crippen LogP contribution is 2.28. The molecule has 0 aliphatic carbocycles. The summed E-state index contributed by atoms with van der Waals surface area (Å²) in [5, 5.41) is 9.95. The van der Waals surface area contributed by atoms with E-state index in [1.54, 1.807) is 0 Å². The molecular weight excluding hydrogens is 350 g/mol. The maximum atomic E-state index is 9.95. The number of hydrogen-bond acceptors (Lipinski definition) is 4. The van der Waals surface area contributed by atoms with Crippen LogP contribution in [0.1, 0.15) is 5.56 Å². The van der Waals surface area contributed by atoms with Crippen molar-refractivity contribution >= 4 is 33.4 Å². The van der Waals surface area contributed by atoms with Gasteiger partial charge < -0.3 is 15.6 Å². The number of halogens is 1. The zero-order chi connectivity index (χ0) is 15.1. The van der Waals surface area contributed by atoms with E-state index in [0.29, 0.717) is 19.0 Å². The molecule has 0 radical (unpaired) electrons. The van der Waals surface area contributed by atoms with Crippen molar-refractivity contribution in [2.45, 2.75) is 17.6 Å². The summed E-state index contributed by atoms with van der Waals surface area (Å²) in [5.74, 6) is 0.551. The molecule has 0 spiro atoms. The van der Waals surface area contributed by atoms with Crippen LogP contribution < -0.4 is 5.73 Å². The number of rotatable bonds is 7. The first-order chi connectivity index (χ1) is 10.1. The van der Waals surface area contributed by atoms with Crippen LogP contribution in [0.5, 0.6) is 0 Å². The SMILES string of the molecule is Nc1ccc(Br)cc1SCC(O)COCc1ccccc1. The topological polar surface area (TPSA) is 55.5 Å². The Kier molecular flexibility index (Phi) is 6.57. The van der Waals surface area contributed by atoms with E-state index in [4.69, 9.17) is 10.5 Å². The summed E-state index contributed by atoms with van der Waals surface area (Å²) in [6, 6.07) is 15.6. The van der Waals surface area contributed by atoms with Crippen LogP contribution in [0.3, 0.4) is 0 Å². The van der Waals surface area contributed by atoms with Gasteiger partial charge in [0.05, 0.1) is 19.3 Å². The molecule has 2 rings (SSSR count). The van der Waals surface area contributed by atoms with E-state index in [2.05, 4.69) is 15.9 Å². The van der Waals surface area contributed by atoms with Crippen molar-refractivity contribution < 1.29 is 9.84 Å². The number of thioether (sulfide) groups is 1. The summed E-state index contributed by atoms with van der Waals surface area (Å²) in [5.41, 5.74) is 7.73. The summed E-state index contributed by atoms with van der Waals surface area (Å²) < 4.78 is 6.50. The number of aliphatic hydroxyl groups is 1. The first kappa shape index (κ1) is 16.4. The minimum absolute atomic E-state index is 0.315. The second-order valence-electron chi connectivity index (χ2n) is 4.65. The third-order valence-corrected chi connectivity index (χ3v) is 4.54. The Morgan fingerprint density at radius 3 is 2.71 bits per heavy atom. The predicted molar refractivity (Wildman–Crippen MR) is 91.4 cm³/mol. The fraction of sp³-hybridized carbons (Fsp3) is 0.250. The van der Waals surface area contributed by atoms with Gasteiger partial charge in [-0.05, 0) is 23.8 Å². The van der Waals surface area contributed by atoms with E-state index in [0.717, 1.165) is 20.6 Å². The Hall–Kier alpha value is -1.01. The van der Waals surface area contributed by atoms with Gasteiger partial charge in [-0.25, -0.2) is 0 Å². The van der Waals surface area contributed by atoms with Crippen LogP contribution in [-0.2, 0) is 11.3 Å². The lowest BCUT2D eigenvalue weighted by atomic mass is 10.2. The zero-order valence-corrected chi connectivity index (χ0v) is 13.9. The third kappa shape index (κ3) is 5.71. The maximum Gasteiger partial charge on any atom is 0.0867 e. The van der Waals surface area contributed by atoms with Gasteiger partial charge >= 0.3 is 0 Å². The van der Waals surface area contributed by atoms with Gasteiger partial charge in [-0.1, -0.05) is 46.3 Å². The quantitative estimate of drug-likeness (QED) is 0.578. The molecule has 0 amide bonds. The molecule has 3 N–H and O–H groups in total. The van der Waals surface area contributed by atoms with Gasteiger partial charge in [-0.15, -0.1) is 11.8 Å². The number of benzene rings is 2. The van der Waals surface area contributed by atoms with E-state index < -0.39 is 6.10 Å². The lowest BCUT2D eigenvalue weighted by Crippen LogP contribution is -2.18. The molecule has 0 saturated heterocycles. The van der Waals surface area contributed by atoms with Gasteiger partial charge in [0.15, 0.2) is 0 Å². The molecule has 2 aromatic rings. The normalized spacial score (nSPS) is 12.3. The van der Waals surface area contributed by atoms with Gasteiger partial charge in [-0.2, -0.15) is 0 Å². The minimum atomic E-state index is -0.517. The molecule has 0 heterocycles. The number of hydrogen-bond donors (Lipinski definition) is 2. The van der Waals surface area contributed by atoms with Crippen LogP contribution in [0.2, 0.25) is 0 Å². The number of anilines is 1. The van der Waals surface area contributed by atoms with Crippen LogP contribution >= 0.6 is 27.7 Å². The predicted octanol–water partition coefficient (Wildman–Crippen LogP) is 3.70. The Balaban J connectivity index is 1.72. The fourth-order valence-electron chi connectivity index (χ4n) is 1.75. The zero-order valence-electron chi connectivity index (χ0n) is 11.5. The number of aliphatic hydroxyl groups excluding tert-OH is 1. The average Bonchev–Trinajstić information content (AvgIpc) is 2.49. The molecule has 0 aliphatic heterocycles. The smallest absolute Gasteiger partial charge is 0.0867 e. The Morgan fingerprint density at radius 1 is 1.19 bits per heavy atom. The standard InChI is InChI=1S/C16H18BrNO2S/c17-13-6-7-15(18)16(8-13)21-11-14(19)10-20-9-12-4-2-1-3-5-12/h1-8,14,19H,9-11,18H2. The monoisotopic (exact) mass is 367 g/mol. The largest absolute Gasteiger partial charge is 0.398 e. The summed E-state index contributed by atoms with van der Waals surface area (Å²) >= 11 is 4.95. The van der Waals surface area contributed by atoms with Crippen LogP contribution in [0, 0.1) is 0 Å². The molecule has 5 heteroatoms. The number of nitrogens with two attached hydrogens (primary N) is 1. The van der Waals surface area contributed by atoms with E-state index >= 15 is 0 Å². The first-order valence-electron chi connectivity index (χ1n) is 6.62. The van der Waals surface area contributed by atoms with E-state index in [1.165, 1.54) is 11.8 Å². The van der Waals surface area contributed by atoms with E-state index in [9.17, 15) is 5.11 Å². The number of nitrogen functional groups attached to an aromatic ring is 1. The molecule has 0 aromatic heterocycles. The molecule has 21 heavy (non-hydrogen) atoms. The Morgan fingerprint density at radius 2 is 1.95 bits per heavy atom. The van der Waals surface area contributed by atoms with Gasteiger partial charge in [0.25, 0.3) is 0 Å². The van der Waals surface area contributed by atoms with Crippen molar-refractivity contribution in [1.29, 1.82) is 0 Å². The summed E-state index contributed by atoms with van der Waals surface area (Å²) in [4.78, 5) is 0.964. The van der Waals surface area contributed by atoms with Crippen molar-refractivity contribution in [3.8, 4) is 0 Å². The molecule has 0 fully saturated rings. The molecule has 3 nitrogen and oxygen atoms in total. The van der Waals surface area contributed by atoms with Crippen molar-refractivity contribution in [1.82, 2.24) is 0 Å². The van der Waals surface area contributed by atoms with Crippen LogP contribution in [0.4, 0.5) is 5.69 Å². The summed E-state index contributed by atoms with van der Waals surface area (Å²) in [6.07, 6.45) is -0.517. The fourth-order valence-corrected chi connectivity index (χ4v) is 3.18. The Bertz CT molecular complexity index is 565. The lowest BCUT2D eigenvalue weighted by Gasteiger charge is -2.12. The van der Waals surface area contributed by atoms with Gasteiger partial charge in [0, 0.05) is 20.8 Å². The second-order valence-corrected chi connectivity index (χ2v) is 6.63. The van der Waals surface area contributed by atoms with E-state index in [1.807, 2.05) is 48.5 Å². The molecule has 2 aromatic carbocycles. The average molecular weight is 368 g/mol. The summed E-state index contributed by atoms with van der Waals surface area (Å²) in [6.45, 7) is 0.831. The van der Waals surface area contributed by atoms with Crippen molar-refractivity contribution in [2.75, 3.05) is 18.1 Å². The molecule has 112 valence electrons. The van der Waals surface area contributed by atoms with Crippen LogP contribution in [0.25, 0.3) is 0 Å². The van der Waals surface area contributed by atoms with Gasteiger partial charge in [0.1, 0.15) is 0 Å². The molecule has 0 aliphatic rings. The van der Waals surface area contributed by atoms with Gasteiger partial charge in [-0.3, -0.25) is 0 Å². The Labute approximate surface area is 137 Å². The highest BCUT2D eigenvalue weighted by Gasteiger charge is 2.08. The first-order valence-corrected chi connectivity index (χ1v) is 8.40. The van der Waals surface area contributed by atoms with Crippen LogP contribution in [-0.4, -0.2) is 23.6 Å². The molecule has 0 bridgehead atoms. The van der Waals surface area contributed by atoms with E-state index in [-0.39, 0.29) is 0 Å². The highest BCUT2D eigenvalue weighted by atomic mass is 79.9. The molecule has 1 unspecified atom stereocenters. The van der Waals surface area contributed by atoms with Crippen molar-refractivity contribution in [3.63, 3.8) is 0 Å². The molecule has 0 saturated carbocycles. The number of ether oxygens (including phenoxy) is 1. The van der Waals surface area contributed by atoms with Crippen LogP contribution in [0.15, 0.2) is 57.9 Å². The lowest BCUT2D eigenvalue weighted by molar-refractivity contribution is 0.0398. The molecule has 1 atom stereocenters. The highest BCUT2D eigenvalue weighted by molar-refractivity contribution is 9.10. The molecular formula is C16H18BrNO2S. The van der Waals surface area contributed by atoms with Crippen molar-refractivity contribution in [2.24, 2.45) is 0 Å². The summed E-state index contributed by atoms with van der Waals surface area (Å²) in [7, 11) is 0. The second kappa shape index (κ2) is 8.44. The third-order valence-electron chi connectivity index (χ3n) is 2.83. The van der Waals surface area contributed by atoms with Gasteiger partial charge in [0.2, 0.25) is 0 Å².